The number of carbonyl (C=O) groups excluding carboxylic acids is 2. The van der Waals surface area contributed by atoms with E-state index in [1.165, 1.54) is 29.2 Å². The molecule has 0 radical (unpaired) electrons. The van der Waals surface area contributed by atoms with Crippen molar-refractivity contribution in [2.75, 3.05) is 5.32 Å². The summed E-state index contributed by atoms with van der Waals surface area (Å²) in [5, 5.41) is 20.1. The van der Waals surface area contributed by atoms with Crippen LogP contribution < -0.4 is 16.2 Å². The number of aromatic nitrogens is 5. The summed E-state index contributed by atoms with van der Waals surface area (Å²) in [6.45, 7) is 6.05. The van der Waals surface area contributed by atoms with E-state index < -0.39 is 28.8 Å². The molecule has 11 heteroatoms. The maximum absolute atomic E-state index is 13.2. The highest BCUT2D eigenvalue weighted by Crippen LogP contribution is 2.24. The zero-order valence-electron chi connectivity index (χ0n) is 17.4. The number of fused-ring (bicyclic) bond motifs is 1. The van der Waals surface area contributed by atoms with Gasteiger partial charge >= 0.3 is 0 Å². The first kappa shape index (κ1) is 20.5. The summed E-state index contributed by atoms with van der Waals surface area (Å²) in [6.07, 6.45) is 5.94. The van der Waals surface area contributed by atoms with Gasteiger partial charge in [-0.05, 0) is 18.3 Å². The zero-order chi connectivity index (χ0) is 22.3. The molecule has 0 aromatic carbocycles. The second-order valence-electron chi connectivity index (χ2n) is 8.74. The lowest BCUT2D eigenvalue weighted by molar-refractivity contribution is 0.0943. The molecule has 1 saturated carbocycles. The van der Waals surface area contributed by atoms with E-state index in [1.54, 1.807) is 0 Å². The Kier molecular flexibility index (Phi) is 4.96. The topological polar surface area (TPSA) is 144 Å². The van der Waals surface area contributed by atoms with Crippen LogP contribution >= 0.6 is 0 Å². The first-order valence-electron chi connectivity index (χ1n) is 9.88. The lowest BCUT2D eigenvalue weighted by atomic mass is 9.97. The van der Waals surface area contributed by atoms with Gasteiger partial charge in [-0.2, -0.15) is 9.61 Å². The third-order valence-electron chi connectivity index (χ3n) is 4.66. The van der Waals surface area contributed by atoms with E-state index in [9.17, 15) is 19.5 Å². The summed E-state index contributed by atoms with van der Waals surface area (Å²) in [7, 11) is 0. The lowest BCUT2D eigenvalue weighted by Crippen LogP contribution is -2.37. The van der Waals surface area contributed by atoms with Crippen molar-refractivity contribution in [1.82, 2.24) is 29.5 Å². The Bertz CT molecular complexity index is 1220. The van der Waals surface area contributed by atoms with Gasteiger partial charge in [0.25, 0.3) is 17.4 Å². The average Bonchev–Trinajstić information content (AvgIpc) is 3.38. The van der Waals surface area contributed by atoms with Gasteiger partial charge in [-0.3, -0.25) is 23.9 Å². The van der Waals surface area contributed by atoms with E-state index in [4.69, 9.17) is 0 Å². The van der Waals surface area contributed by atoms with Crippen molar-refractivity contribution in [3.63, 3.8) is 0 Å². The predicted molar refractivity (Wildman–Crippen MR) is 111 cm³/mol. The third-order valence-corrected chi connectivity index (χ3v) is 4.66. The molecule has 3 aromatic heterocycles. The van der Waals surface area contributed by atoms with Crippen molar-refractivity contribution in [2.45, 2.75) is 46.2 Å². The van der Waals surface area contributed by atoms with Gasteiger partial charge in [0.1, 0.15) is 5.65 Å². The lowest BCUT2D eigenvalue weighted by Gasteiger charge is -2.21. The van der Waals surface area contributed by atoms with Crippen molar-refractivity contribution in [2.24, 2.45) is 5.41 Å². The van der Waals surface area contributed by atoms with Crippen molar-refractivity contribution in [1.29, 1.82) is 0 Å². The van der Waals surface area contributed by atoms with Crippen LogP contribution in [0.1, 0.15) is 54.5 Å². The molecule has 3 N–H and O–H groups in total. The molecule has 0 bridgehead atoms. The van der Waals surface area contributed by atoms with Gasteiger partial charge in [-0.25, -0.2) is 4.98 Å². The van der Waals surface area contributed by atoms with Crippen molar-refractivity contribution in [3.05, 3.63) is 46.3 Å². The second-order valence-corrected chi connectivity index (χ2v) is 8.74. The van der Waals surface area contributed by atoms with Crippen LogP contribution in [0.15, 0.2) is 29.5 Å². The Balaban J connectivity index is 1.82. The Labute approximate surface area is 177 Å². The highest BCUT2D eigenvalue weighted by atomic mass is 16.3. The summed E-state index contributed by atoms with van der Waals surface area (Å²) in [5.74, 6) is -1.63. The number of hydrogen-bond acceptors (Lipinski definition) is 7. The smallest absolute Gasteiger partial charge is 0.277 e. The Morgan fingerprint density at radius 2 is 1.97 bits per heavy atom. The van der Waals surface area contributed by atoms with Crippen LogP contribution in [0, 0.1) is 5.41 Å². The summed E-state index contributed by atoms with van der Waals surface area (Å²) >= 11 is 0. The molecule has 3 heterocycles. The summed E-state index contributed by atoms with van der Waals surface area (Å²) in [5.41, 5.74) is -1.21. The molecule has 0 unspecified atom stereocenters. The molecule has 2 amide bonds. The fraction of sp³-hybridized carbons (Fsp3) is 0.400. The summed E-state index contributed by atoms with van der Waals surface area (Å²) in [6, 6.07) is 1.39. The summed E-state index contributed by atoms with van der Waals surface area (Å²) < 4.78 is 2.40. The molecule has 0 aliphatic heterocycles. The van der Waals surface area contributed by atoms with Gasteiger partial charge in [0.05, 0.1) is 6.20 Å². The fourth-order valence-corrected chi connectivity index (χ4v) is 3.13. The van der Waals surface area contributed by atoms with Crippen LogP contribution in [0.2, 0.25) is 0 Å². The maximum Gasteiger partial charge on any atom is 0.277 e. The van der Waals surface area contributed by atoms with Crippen molar-refractivity contribution < 1.29 is 14.7 Å². The molecule has 1 aliphatic rings. The van der Waals surface area contributed by atoms with Crippen LogP contribution in [0.4, 0.5) is 5.82 Å². The molecular formula is C20H23N7O4. The fourth-order valence-electron chi connectivity index (χ4n) is 3.13. The molecule has 0 atom stereocenters. The molecular weight excluding hydrogens is 402 g/mol. The van der Waals surface area contributed by atoms with Crippen LogP contribution in [0.5, 0.6) is 5.88 Å². The number of hydrogen-bond donors (Lipinski definition) is 3. The highest BCUT2D eigenvalue weighted by molar-refractivity contribution is 6.03. The average molecular weight is 425 g/mol. The van der Waals surface area contributed by atoms with Gasteiger partial charge in [-0.1, -0.05) is 20.8 Å². The number of nitrogens with one attached hydrogen (secondary N) is 2. The van der Waals surface area contributed by atoms with E-state index in [0.29, 0.717) is 0 Å². The van der Waals surface area contributed by atoms with Gasteiger partial charge in [0.15, 0.2) is 17.1 Å². The molecule has 1 fully saturated rings. The van der Waals surface area contributed by atoms with E-state index in [-0.39, 0.29) is 35.2 Å². The van der Waals surface area contributed by atoms with Crippen LogP contribution in [0.3, 0.4) is 0 Å². The number of carbonyl (C=O) groups is 2. The molecule has 3 aromatic rings. The number of aromatic hydroxyl groups is 1. The molecule has 4 rings (SSSR count). The molecule has 0 spiro atoms. The first-order chi connectivity index (χ1) is 14.6. The van der Waals surface area contributed by atoms with Crippen molar-refractivity contribution >= 4 is 23.3 Å². The Morgan fingerprint density at radius 3 is 2.58 bits per heavy atom. The zero-order valence-corrected chi connectivity index (χ0v) is 17.4. The van der Waals surface area contributed by atoms with Crippen LogP contribution in [0.25, 0.3) is 5.65 Å². The monoisotopic (exact) mass is 425 g/mol. The van der Waals surface area contributed by atoms with Gasteiger partial charge in [-0.15, -0.1) is 0 Å². The second kappa shape index (κ2) is 7.49. The first-order valence-corrected chi connectivity index (χ1v) is 9.88. The minimum Gasteiger partial charge on any atom is -0.492 e. The standard InChI is InChI=1S/C20H23N7O4/c1-20(2,3)10-26-14-8-12(16(28)24-13-9-21-6-7-22-13)25-27(14)19(31)15(18(26)30)17(29)23-11-4-5-11/h6-9,11,31H,4-5,10H2,1-3H3,(H,23,29)(H,22,24,28). The van der Waals surface area contributed by atoms with Crippen LogP contribution in [-0.4, -0.2) is 47.1 Å². The minimum atomic E-state index is -0.657. The predicted octanol–water partition coefficient (Wildman–Crippen LogP) is 1.18. The SMILES string of the molecule is CC(C)(C)Cn1c(=O)c(C(=O)NC2CC2)c(O)n2nc(C(=O)Nc3cnccn3)cc12. The molecule has 1 aliphatic carbocycles. The minimum absolute atomic E-state index is 0.00371. The number of amides is 2. The third kappa shape index (κ3) is 4.25. The molecule has 11 nitrogen and oxygen atoms in total. The molecule has 31 heavy (non-hydrogen) atoms. The van der Waals surface area contributed by atoms with E-state index in [0.717, 1.165) is 17.4 Å². The van der Waals surface area contributed by atoms with Crippen LogP contribution in [-0.2, 0) is 6.54 Å². The quantitative estimate of drug-likeness (QED) is 0.557. The van der Waals surface area contributed by atoms with Gasteiger partial charge in [0.2, 0.25) is 5.88 Å². The normalized spacial score (nSPS) is 13.9. The molecule has 162 valence electrons. The van der Waals surface area contributed by atoms with E-state index >= 15 is 0 Å². The van der Waals surface area contributed by atoms with E-state index in [1.807, 2.05) is 20.8 Å². The Hall–Kier alpha value is -3.76. The highest BCUT2D eigenvalue weighted by Gasteiger charge is 2.30. The van der Waals surface area contributed by atoms with Gasteiger partial charge in [0, 0.05) is 31.0 Å². The molecule has 0 saturated heterocycles. The maximum atomic E-state index is 13.2. The number of rotatable bonds is 5. The van der Waals surface area contributed by atoms with Gasteiger partial charge < -0.3 is 15.7 Å². The largest absolute Gasteiger partial charge is 0.492 e. The van der Waals surface area contributed by atoms with Crippen molar-refractivity contribution in [3.8, 4) is 5.88 Å². The van der Waals surface area contributed by atoms with E-state index in [2.05, 4.69) is 25.7 Å². The summed E-state index contributed by atoms with van der Waals surface area (Å²) in [4.78, 5) is 46.3. The number of anilines is 1. The number of nitrogens with zero attached hydrogens (tertiary/aromatic N) is 5. The Morgan fingerprint density at radius 1 is 1.23 bits per heavy atom.